The molecule has 6 nitrogen and oxygen atoms in total. The van der Waals surface area contributed by atoms with Gasteiger partial charge in [0.25, 0.3) is 0 Å². The van der Waals surface area contributed by atoms with E-state index in [4.69, 9.17) is 4.74 Å². The van der Waals surface area contributed by atoms with Crippen LogP contribution in [-0.4, -0.2) is 70.0 Å². The van der Waals surface area contributed by atoms with Crippen molar-refractivity contribution in [2.24, 2.45) is 0 Å². The van der Waals surface area contributed by atoms with Crippen molar-refractivity contribution in [1.82, 2.24) is 15.2 Å². The van der Waals surface area contributed by atoms with E-state index in [1.807, 2.05) is 4.90 Å². The van der Waals surface area contributed by atoms with Crippen molar-refractivity contribution in [3.05, 3.63) is 48.0 Å². The Bertz CT molecular complexity index is 921. The molecule has 0 saturated carbocycles. The van der Waals surface area contributed by atoms with Crippen LogP contribution < -0.4 is 14.4 Å². The number of benzene rings is 1. The number of hydrogen-bond donors (Lipinski definition) is 2. The number of carbonyl (C=O) groups is 1. The Balaban J connectivity index is 1.54. The van der Waals surface area contributed by atoms with Crippen LogP contribution in [0, 0.1) is 17.7 Å². The summed E-state index contributed by atoms with van der Waals surface area (Å²) in [5, 5.41) is 12.3. The Morgan fingerprint density at radius 3 is 2.90 bits per heavy atom. The van der Waals surface area contributed by atoms with Crippen LogP contribution in [0.3, 0.4) is 0 Å². The Labute approximate surface area is 178 Å². The summed E-state index contributed by atoms with van der Waals surface area (Å²) in [6.45, 7) is 1.91. The van der Waals surface area contributed by atoms with Crippen molar-refractivity contribution in [3.63, 3.8) is 0 Å². The van der Waals surface area contributed by atoms with Crippen molar-refractivity contribution >= 4 is 27.1 Å². The zero-order valence-electron chi connectivity index (χ0n) is 15.9. The van der Waals surface area contributed by atoms with Crippen LogP contribution in [0.25, 0.3) is 0 Å². The van der Waals surface area contributed by atoms with Gasteiger partial charge in [-0.25, -0.2) is 0 Å². The van der Waals surface area contributed by atoms with Gasteiger partial charge in [0, 0.05) is 13.1 Å². The number of nitrogens with zero attached hydrogens (tertiary/aromatic N) is 2. The van der Waals surface area contributed by atoms with Crippen LogP contribution >= 0.6 is 0 Å². The zero-order valence-corrected chi connectivity index (χ0v) is 18.3. The fourth-order valence-corrected chi connectivity index (χ4v) is 3.41. The van der Waals surface area contributed by atoms with E-state index in [9.17, 15) is 14.3 Å². The first-order valence-corrected chi connectivity index (χ1v) is 10.6. The minimum absolute atomic E-state index is 0.110. The number of pyridine rings is 1. The van der Waals surface area contributed by atoms with Crippen LogP contribution in [-0.2, 0) is 4.79 Å². The zero-order chi connectivity index (χ0) is 20.6. The summed E-state index contributed by atoms with van der Waals surface area (Å²) in [5.41, 5.74) is 0.510. The van der Waals surface area contributed by atoms with E-state index in [0.29, 0.717) is 43.8 Å². The summed E-state index contributed by atoms with van der Waals surface area (Å²) in [5.74, 6) is 5.77. The molecule has 2 N–H and O–H groups in total. The second-order valence-electron chi connectivity index (χ2n) is 6.75. The fourth-order valence-electron chi connectivity index (χ4n) is 2.90. The number of halogens is 1. The minimum atomic E-state index is -0.430. The predicted molar refractivity (Wildman–Crippen MR) is 110 cm³/mol. The molecule has 2 heterocycles. The van der Waals surface area contributed by atoms with Gasteiger partial charge in [-0.1, -0.05) is 0 Å². The molecule has 1 atom stereocenters. The number of aliphatic hydroxyl groups is 1. The monoisotopic (exact) mass is 459 g/mol. The van der Waals surface area contributed by atoms with Gasteiger partial charge in [0.15, 0.2) is 0 Å². The molecular formula is C21H23AsFN3O3. The van der Waals surface area contributed by atoms with E-state index in [-0.39, 0.29) is 24.3 Å². The third-order valence-electron chi connectivity index (χ3n) is 4.48. The van der Waals surface area contributed by atoms with Crippen LogP contribution in [0.15, 0.2) is 36.7 Å². The number of likely N-dealkylation sites (tertiary alicyclic amines) is 1. The number of piperidine rings is 1. The van der Waals surface area contributed by atoms with Crippen molar-refractivity contribution in [2.75, 3.05) is 26.2 Å². The number of carbonyl (C=O) groups excluding carboxylic acids is 1. The molecule has 1 saturated heterocycles. The standard InChI is InChI=1S/C21H23AsFN3O3/c22-16-3-4-20(18(23)12-16)29-19-5-9-24-13-15(19)2-1-8-25-21(28)14-26-10-6-17(27)7-11-26/h3-5,9,12-13,17,27H,6-8,10-11,14,22H2,(H,25,28). The molecule has 0 radical (unpaired) electrons. The first-order chi connectivity index (χ1) is 14.0. The van der Waals surface area contributed by atoms with Gasteiger partial charge in [-0.05, 0) is 12.8 Å². The molecular weight excluding hydrogens is 436 g/mol. The second-order valence-corrected chi connectivity index (χ2v) is 8.15. The normalized spacial score (nSPS) is 14.7. The van der Waals surface area contributed by atoms with E-state index >= 15 is 0 Å². The van der Waals surface area contributed by atoms with E-state index in [0.717, 1.165) is 4.35 Å². The summed E-state index contributed by atoms with van der Waals surface area (Å²) in [6, 6.07) is 6.43. The van der Waals surface area contributed by atoms with Gasteiger partial charge in [0.05, 0.1) is 12.6 Å². The molecule has 1 aliphatic heterocycles. The Kier molecular flexibility index (Phi) is 7.65. The number of aliphatic hydroxyl groups excluding tert-OH is 1. The summed E-state index contributed by atoms with van der Waals surface area (Å²) in [4.78, 5) is 18.1. The molecule has 1 aromatic carbocycles. The molecule has 1 amide bonds. The molecule has 0 spiro atoms. The Hall–Kier alpha value is -2.39. The van der Waals surface area contributed by atoms with Crippen molar-refractivity contribution < 1.29 is 19.0 Å². The predicted octanol–water partition coefficient (Wildman–Crippen LogP) is 0.196. The van der Waals surface area contributed by atoms with Gasteiger partial charge in [-0.15, -0.1) is 0 Å². The van der Waals surface area contributed by atoms with Crippen molar-refractivity contribution in [3.8, 4) is 23.3 Å². The van der Waals surface area contributed by atoms with Gasteiger partial charge in [0.2, 0.25) is 0 Å². The molecule has 0 bridgehead atoms. The van der Waals surface area contributed by atoms with Crippen LogP contribution in [0.4, 0.5) is 4.39 Å². The van der Waals surface area contributed by atoms with Gasteiger partial charge < -0.3 is 5.11 Å². The Morgan fingerprint density at radius 1 is 1.34 bits per heavy atom. The molecule has 1 aromatic heterocycles. The van der Waals surface area contributed by atoms with E-state index in [1.165, 1.54) is 22.9 Å². The molecule has 3 rings (SSSR count). The average Bonchev–Trinajstić information content (AvgIpc) is 2.70. The molecule has 29 heavy (non-hydrogen) atoms. The number of rotatable bonds is 5. The molecule has 2 aromatic rings. The number of amides is 1. The van der Waals surface area contributed by atoms with Crippen LogP contribution in [0.2, 0.25) is 0 Å². The average molecular weight is 459 g/mol. The number of hydrogen-bond acceptors (Lipinski definition) is 5. The summed E-state index contributed by atoms with van der Waals surface area (Å²) in [7, 11) is 0. The SMILES string of the molecule is O=C(CN1CCC(O)CC1)NCC#Cc1cnccc1Oc1ccc([AsH2])cc1F. The molecule has 1 aliphatic rings. The van der Waals surface area contributed by atoms with Crippen molar-refractivity contribution in [2.45, 2.75) is 18.9 Å². The van der Waals surface area contributed by atoms with E-state index in [2.05, 4.69) is 22.1 Å². The van der Waals surface area contributed by atoms with E-state index < -0.39 is 5.82 Å². The van der Waals surface area contributed by atoms with Gasteiger partial charge in [0.1, 0.15) is 0 Å². The number of ether oxygens (including phenoxy) is 1. The van der Waals surface area contributed by atoms with Gasteiger partial charge in [-0.3, -0.25) is 9.69 Å². The first kappa shape index (κ1) is 21.3. The molecule has 152 valence electrons. The maximum atomic E-state index is 14.0. The summed E-state index contributed by atoms with van der Waals surface area (Å²) >= 11 is 1.34. The van der Waals surface area contributed by atoms with Gasteiger partial charge in [-0.2, -0.15) is 0 Å². The van der Waals surface area contributed by atoms with E-state index in [1.54, 1.807) is 30.6 Å². The summed E-state index contributed by atoms with van der Waals surface area (Å²) in [6.07, 6.45) is 4.22. The van der Waals surface area contributed by atoms with Crippen LogP contribution in [0.5, 0.6) is 11.5 Å². The molecule has 8 heteroatoms. The second kappa shape index (κ2) is 10.4. The Morgan fingerprint density at radius 2 is 2.14 bits per heavy atom. The third kappa shape index (κ3) is 6.57. The number of aromatic nitrogens is 1. The quantitative estimate of drug-likeness (QED) is 0.494. The summed E-state index contributed by atoms with van der Waals surface area (Å²) < 4.78 is 20.6. The molecule has 1 fully saturated rings. The van der Waals surface area contributed by atoms with Crippen molar-refractivity contribution in [1.29, 1.82) is 0 Å². The fraction of sp³-hybridized carbons (Fsp3) is 0.333. The molecule has 0 aliphatic carbocycles. The van der Waals surface area contributed by atoms with Crippen LogP contribution in [0.1, 0.15) is 18.4 Å². The third-order valence-corrected chi connectivity index (χ3v) is 5.23. The maximum absolute atomic E-state index is 14.0. The molecule has 1 unspecified atom stereocenters. The topological polar surface area (TPSA) is 74.7 Å². The first-order valence-electron chi connectivity index (χ1n) is 9.34. The number of nitrogens with one attached hydrogen (secondary N) is 1. The van der Waals surface area contributed by atoms with Gasteiger partial charge >= 0.3 is 124 Å².